The molecule has 2 N–H and O–H groups in total. The van der Waals surface area contributed by atoms with Gasteiger partial charge in [0.1, 0.15) is 5.41 Å². The highest BCUT2D eigenvalue weighted by atomic mass is 79.9. The molecule has 1 saturated carbocycles. The van der Waals surface area contributed by atoms with Crippen molar-refractivity contribution in [3.63, 3.8) is 0 Å². The van der Waals surface area contributed by atoms with E-state index in [1.54, 1.807) is 18.2 Å². The van der Waals surface area contributed by atoms with E-state index in [-0.39, 0.29) is 0 Å². The summed E-state index contributed by atoms with van der Waals surface area (Å²) in [5, 5.41) is 11.8. The Morgan fingerprint density at radius 2 is 2.06 bits per heavy atom. The first-order valence-corrected chi connectivity index (χ1v) is 6.14. The second kappa shape index (κ2) is 4.49. The Labute approximate surface area is 107 Å². The van der Waals surface area contributed by atoms with E-state index in [0.717, 1.165) is 10.9 Å². The van der Waals surface area contributed by atoms with Gasteiger partial charge in [-0.1, -0.05) is 28.4 Å². The number of carbonyl (C=O) groups is 2. The van der Waals surface area contributed by atoms with Gasteiger partial charge in [0, 0.05) is 10.2 Å². The first kappa shape index (κ1) is 12.1. The van der Waals surface area contributed by atoms with Crippen molar-refractivity contribution in [3.05, 3.63) is 28.7 Å². The molecule has 1 amide bonds. The molecule has 0 aromatic heterocycles. The Morgan fingerprint density at radius 3 is 2.53 bits per heavy atom. The molecule has 0 aliphatic heterocycles. The van der Waals surface area contributed by atoms with Crippen molar-refractivity contribution in [2.75, 3.05) is 5.32 Å². The molecule has 0 spiro atoms. The van der Waals surface area contributed by atoms with Crippen LogP contribution in [-0.4, -0.2) is 17.0 Å². The predicted octanol–water partition coefficient (Wildman–Crippen LogP) is 2.64. The molecular weight excluding hydrogens is 286 g/mol. The average Bonchev–Trinajstić information content (AvgIpc) is 2.14. The number of rotatable bonds is 3. The van der Waals surface area contributed by atoms with Crippen molar-refractivity contribution >= 4 is 33.5 Å². The quantitative estimate of drug-likeness (QED) is 0.843. The molecule has 90 valence electrons. The number of nitrogens with one attached hydrogen (secondary N) is 1. The van der Waals surface area contributed by atoms with Gasteiger partial charge in [-0.15, -0.1) is 0 Å². The fourth-order valence-electron chi connectivity index (χ4n) is 1.89. The van der Waals surface area contributed by atoms with E-state index >= 15 is 0 Å². The van der Waals surface area contributed by atoms with Crippen LogP contribution >= 0.6 is 15.9 Å². The molecule has 1 aromatic rings. The maximum atomic E-state index is 12.0. The van der Waals surface area contributed by atoms with Gasteiger partial charge in [-0.3, -0.25) is 9.59 Å². The van der Waals surface area contributed by atoms with Gasteiger partial charge in [-0.2, -0.15) is 0 Å². The molecule has 0 heterocycles. The molecule has 17 heavy (non-hydrogen) atoms. The predicted molar refractivity (Wildman–Crippen MR) is 66.7 cm³/mol. The first-order valence-electron chi connectivity index (χ1n) is 5.35. The van der Waals surface area contributed by atoms with Crippen LogP contribution < -0.4 is 5.32 Å². The minimum atomic E-state index is -1.22. The van der Waals surface area contributed by atoms with Crippen LogP contribution in [0.1, 0.15) is 19.3 Å². The van der Waals surface area contributed by atoms with Gasteiger partial charge in [0.25, 0.3) is 0 Å². The average molecular weight is 298 g/mol. The van der Waals surface area contributed by atoms with Crippen LogP contribution in [0, 0.1) is 5.41 Å². The van der Waals surface area contributed by atoms with E-state index in [0.29, 0.717) is 18.5 Å². The van der Waals surface area contributed by atoms with Crippen LogP contribution in [0.3, 0.4) is 0 Å². The van der Waals surface area contributed by atoms with Crippen molar-refractivity contribution in [1.82, 2.24) is 0 Å². The molecule has 2 rings (SSSR count). The Kier molecular flexibility index (Phi) is 3.19. The number of benzene rings is 1. The largest absolute Gasteiger partial charge is 0.480 e. The molecule has 0 saturated heterocycles. The zero-order chi connectivity index (χ0) is 12.5. The molecule has 0 radical (unpaired) electrons. The summed E-state index contributed by atoms with van der Waals surface area (Å²) < 4.78 is 0.841. The van der Waals surface area contributed by atoms with Gasteiger partial charge in [0.2, 0.25) is 5.91 Å². The molecule has 4 nitrogen and oxygen atoms in total. The summed E-state index contributed by atoms with van der Waals surface area (Å²) in [6, 6.07) is 7.10. The highest BCUT2D eigenvalue weighted by Crippen LogP contribution is 2.42. The van der Waals surface area contributed by atoms with E-state index in [2.05, 4.69) is 21.2 Å². The van der Waals surface area contributed by atoms with Gasteiger partial charge < -0.3 is 10.4 Å². The highest BCUT2D eigenvalue weighted by Gasteiger charge is 2.51. The fraction of sp³-hybridized carbons (Fsp3) is 0.333. The fourth-order valence-corrected chi connectivity index (χ4v) is 2.28. The third-order valence-corrected chi connectivity index (χ3v) is 3.63. The molecule has 1 aliphatic carbocycles. The number of carboxylic acid groups (broad SMARTS) is 1. The molecular formula is C12H12BrNO3. The molecule has 5 heteroatoms. The SMILES string of the molecule is O=C(O)C1(C(=O)Nc2cccc(Br)c2)CCC1. The van der Waals surface area contributed by atoms with E-state index in [1.165, 1.54) is 0 Å². The third kappa shape index (κ3) is 2.20. The summed E-state index contributed by atoms with van der Waals surface area (Å²) in [6.45, 7) is 0. The summed E-state index contributed by atoms with van der Waals surface area (Å²) in [5.41, 5.74) is -0.612. The Balaban J connectivity index is 2.14. The minimum Gasteiger partial charge on any atom is -0.480 e. The number of hydrogen-bond acceptors (Lipinski definition) is 2. The van der Waals surface area contributed by atoms with Gasteiger partial charge in [0.15, 0.2) is 0 Å². The van der Waals surface area contributed by atoms with Crippen LogP contribution in [0.4, 0.5) is 5.69 Å². The Bertz CT molecular complexity index is 469. The van der Waals surface area contributed by atoms with Crippen molar-refractivity contribution in [1.29, 1.82) is 0 Å². The lowest BCUT2D eigenvalue weighted by molar-refractivity contribution is -0.159. The number of aliphatic carboxylic acids is 1. The number of halogens is 1. The zero-order valence-corrected chi connectivity index (χ0v) is 10.7. The monoisotopic (exact) mass is 297 g/mol. The van der Waals surface area contributed by atoms with Crippen LogP contribution in [0.2, 0.25) is 0 Å². The van der Waals surface area contributed by atoms with Gasteiger partial charge in [-0.05, 0) is 31.0 Å². The maximum absolute atomic E-state index is 12.0. The van der Waals surface area contributed by atoms with E-state index < -0.39 is 17.3 Å². The lowest BCUT2D eigenvalue weighted by Crippen LogP contribution is -2.48. The minimum absolute atomic E-state index is 0.419. The second-order valence-electron chi connectivity index (χ2n) is 4.21. The van der Waals surface area contributed by atoms with Crippen LogP contribution in [0.15, 0.2) is 28.7 Å². The maximum Gasteiger partial charge on any atom is 0.319 e. The van der Waals surface area contributed by atoms with Crippen LogP contribution in [0.5, 0.6) is 0 Å². The summed E-state index contributed by atoms with van der Waals surface area (Å²) >= 11 is 3.29. The Hall–Kier alpha value is -1.36. The number of carboxylic acids is 1. The smallest absolute Gasteiger partial charge is 0.319 e. The van der Waals surface area contributed by atoms with Crippen molar-refractivity contribution < 1.29 is 14.7 Å². The van der Waals surface area contributed by atoms with E-state index in [4.69, 9.17) is 5.11 Å². The van der Waals surface area contributed by atoms with Crippen molar-refractivity contribution in [2.45, 2.75) is 19.3 Å². The number of anilines is 1. The summed E-state index contributed by atoms with van der Waals surface area (Å²) in [5.74, 6) is -1.45. The zero-order valence-electron chi connectivity index (χ0n) is 9.07. The molecule has 0 unspecified atom stereocenters. The molecule has 1 aromatic carbocycles. The number of carbonyl (C=O) groups excluding carboxylic acids is 1. The van der Waals surface area contributed by atoms with Crippen LogP contribution in [-0.2, 0) is 9.59 Å². The molecule has 0 bridgehead atoms. The topological polar surface area (TPSA) is 66.4 Å². The second-order valence-corrected chi connectivity index (χ2v) is 5.12. The molecule has 1 aliphatic rings. The highest BCUT2D eigenvalue weighted by molar-refractivity contribution is 9.10. The van der Waals surface area contributed by atoms with Crippen molar-refractivity contribution in [2.24, 2.45) is 5.41 Å². The molecule has 0 atom stereocenters. The molecule has 1 fully saturated rings. The third-order valence-electron chi connectivity index (χ3n) is 3.13. The standard InChI is InChI=1S/C12H12BrNO3/c13-8-3-1-4-9(7-8)14-10(15)12(11(16)17)5-2-6-12/h1,3-4,7H,2,5-6H2,(H,14,15)(H,16,17). The number of amides is 1. The van der Waals surface area contributed by atoms with E-state index in [1.807, 2.05) is 6.07 Å². The summed E-state index contributed by atoms with van der Waals surface area (Å²) in [6.07, 6.45) is 1.63. The normalized spacial score (nSPS) is 17.0. The summed E-state index contributed by atoms with van der Waals surface area (Å²) in [4.78, 5) is 23.1. The van der Waals surface area contributed by atoms with Gasteiger partial charge >= 0.3 is 5.97 Å². The lowest BCUT2D eigenvalue weighted by atomic mass is 9.68. The summed E-state index contributed by atoms with van der Waals surface area (Å²) in [7, 11) is 0. The lowest BCUT2D eigenvalue weighted by Gasteiger charge is -2.35. The van der Waals surface area contributed by atoms with Crippen molar-refractivity contribution in [3.8, 4) is 0 Å². The number of hydrogen-bond donors (Lipinski definition) is 2. The van der Waals surface area contributed by atoms with Gasteiger partial charge in [-0.25, -0.2) is 0 Å². The van der Waals surface area contributed by atoms with E-state index in [9.17, 15) is 9.59 Å². The Morgan fingerprint density at radius 1 is 1.35 bits per heavy atom. The van der Waals surface area contributed by atoms with Crippen LogP contribution in [0.25, 0.3) is 0 Å². The first-order chi connectivity index (χ1) is 8.04. The van der Waals surface area contributed by atoms with Gasteiger partial charge in [0.05, 0.1) is 0 Å².